The van der Waals surface area contributed by atoms with E-state index in [0.29, 0.717) is 18.2 Å². The molecule has 6 heteroatoms. The standard InChI is InChI=1S/C22H28FN3O2/c1-14(2)9-20-22(27)24-18(10-15-3-4-15)12-26(20)13-19-11-21(28-25-19)16-5-7-17(23)8-6-16/h5-8,11,14-15,18,20H,3-4,9-10,12-13H2,1-2H3,(H,24,27)/t18-,20-/m0/s1. The van der Waals surface area contributed by atoms with Gasteiger partial charge in [-0.05, 0) is 48.9 Å². The third-order valence-corrected chi connectivity index (χ3v) is 5.61. The zero-order chi connectivity index (χ0) is 19.7. The molecule has 2 atom stereocenters. The topological polar surface area (TPSA) is 58.4 Å². The summed E-state index contributed by atoms with van der Waals surface area (Å²) in [6.45, 7) is 5.71. The van der Waals surface area contributed by atoms with Crippen LogP contribution < -0.4 is 5.32 Å². The van der Waals surface area contributed by atoms with Crippen LogP contribution in [-0.4, -0.2) is 34.6 Å². The maximum atomic E-state index is 13.1. The summed E-state index contributed by atoms with van der Waals surface area (Å²) in [4.78, 5) is 15.0. The largest absolute Gasteiger partial charge is 0.356 e. The van der Waals surface area contributed by atoms with Gasteiger partial charge in [-0.25, -0.2) is 4.39 Å². The number of hydrogen-bond acceptors (Lipinski definition) is 4. The molecule has 2 aromatic rings. The molecule has 1 aliphatic heterocycles. The first-order chi connectivity index (χ1) is 13.5. The molecule has 4 rings (SSSR count). The summed E-state index contributed by atoms with van der Waals surface area (Å²) < 4.78 is 18.6. The summed E-state index contributed by atoms with van der Waals surface area (Å²) in [6.07, 6.45) is 4.46. The van der Waals surface area contributed by atoms with Gasteiger partial charge < -0.3 is 9.84 Å². The van der Waals surface area contributed by atoms with Crippen molar-refractivity contribution in [2.24, 2.45) is 11.8 Å². The van der Waals surface area contributed by atoms with Crippen molar-refractivity contribution in [3.05, 3.63) is 41.8 Å². The number of aromatic nitrogens is 1. The Hall–Kier alpha value is -2.21. The van der Waals surface area contributed by atoms with E-state index in [0.717, 1.165) is 36.6 Å². The van der Waals surface area contributed by atoms with Gasteiger partial charge in [-0.1, -0.05) is 31.8 Å². The zero-order valence-electron chi connectivity index (χ0n) is 16.5. The maximum Gasteiger partial charge on any atom is 0.237 e. The van der Waals surface area contributed by atoms with Crippen LogP contribution in [0.3, 0.4) is 0 Å². The molecular weight excluding hydrogens is 357 g/mol. The Morgan fingerprint density at radius 3 is 2.71 bits per heavy atom. The van der Waals surface area contributed by atoms with Crippen molar-refractivity contribution in [2.45, 2.75) is 58.2 Å². The van der Waals surface area contributed by atoms with E-state index < -0.39 is 0 Å². The van der Waals surface area contributed by atoms with Crippen LogP contribution in [0.25, 0.3) is 11.3 Å². The van der Waals surface area contributed by atoms with Crippen molar-refractivity contribution in [3.63, 3.8) is 0 Å². The second-order valence-corrected chi connectivity index (χ2v) is 8.65. The Kier molecular flexibility index (Phi) is 5.49. The molecule has 1 amide bonds. The Morgan fingerprint density at radius 1 is 1.29 bits per heavy atom. The summed E-state index contributed by atoms with van der Waals surface area (Å²) in [5, 5.41) is 7.44. The SMILES string of the molecule is CC(C)C[C@H]1C(=O)N[C@@H](CC2CC2)CN1Cc1cc(-c2ccc(F)cc2)on1. The number of nitrogens with one attached hydrogen (secondary N) is 1. The molecular formula is C22H28FN3O2. The molecule has 28 heavy (non-hydrogen) atoms. The molecule has 0 bridgehead atoms. The highest BCUT2D eigenvalue weighted by Crippen LogP contribution is 2.35. The van der Waals surface area contributed by atoms with Crippen molar-refractivity contribution < 1.29 is 13.7 Å². The molecule has 0 radical (unpaired) electrons. The minimum atomic E-state index is -0.277. The van der Waals surface area contributed by atoms with Gasteiger partial charge in [-0.15, -0.1) is 0 Å². The van der Waals surface area contributed by atoms with E-state index in [4.69, 9.17) is 4.52 Å². The van der Waals surface area contributed by atoms with Crippen LogP contribution in [-0.2, 0) is 11.3 Å². The molecule has 0 unspecified atom stereocenters. The minimum absolute atomic E-state index is 0.132. The smallest absolute Gasteiger partial charge is 0.237 e. The summed E-state index contributed by atoms with van der Waals surface area (Å²) in [6, 6.07) is 8.15. The van der Waals surface area contributed by atoms with Gasteiger partial charge in [-0.3, -0.25) is 9.69 Å². The molecule has 2 aliphatic rings. The predicted octanol–water partition coefficient (Wildman–Crippen LogP) is 4.00. The van der Waals surface area contributed by atoms with Crippen molar-refractivity contribution >= 4 is 5.91 Å². The highest BCUT2D eigenvalue weighted by Gasteiger charge is 2.37. The third-order valence-electron chi connectivity index (χ3n) is 5.61. The number of piperazine rings is 1. The molecule has 2 heterocycles. The van der Waals surface area contributed by atoms with Crippen LogP contribution in [0.5, 0.6) is 0 Å². The maximum absolute atomic E-state index is 13.1. The van der Waals surface area contributed by atoms with Gasteiger partial charge in [0.15, 0.2) is 5.76 Å². The second kappa shape index (κ2) is 8.03. The van der Waals surface area contributed by atoms with Crippen molar-refractivity contribution in [1.82, 2.24) is 15.4 Å². The number of rotatable bonds is 7. The third kappa shape index (κ3) is 4.61. The lowest BCUT2D eigenvalue weighted by Gasteiger charge is -2.40. The van der Waals surface area contributed by atoms with E-state index in [-0.39, 0.29) is 23.8 Å². The molecule has 1 saturated carbocycles. The van der Waals surface area contributed by atoms with Crippen LogP contribution in [0.1, 0.15) is 45.2 Å². The first-order valence-electron chi connectivity index (χ1n) is 10.2. The quantitative estimate of drug-likeness (QED) is 0.783. The fourth-order valence-electron chi connectivity index (χ4n) is 4.03. The highest BCUT2D eigenvalue weighted by molar-refractivity contribution is 5.82. The summed E-state index contributed by atoms with van der Waals surface area (Å²) in [5.41, 5.74) is 1.59. The Balaban J connectivity index is 1.49. The van der Waals surface area contributed by atoms with Gasteiger partial charge in [0, 0.05) is 30.8 Å². The van der Waals surface area contributed by atoms with Gasteiger partial charge >= 0.3 is 0 Å². The van der Waals surface area contributed by atoms with E-state index in [1.54, 1.807) is 12.1 Å². The lowest BCUT2D eigenvalue weighted by Crippen LogP contribution is -2.60. The van der Waals surface area contributed by atoms with Crippen molar-refractivity contribution in [3.8, 4) is 11.3 Å². The molecule has 1 N–H and O–H groups in total. The van der Waals surface area contributed by atoms with Gasteiger partial charge in [0.05, 0.1) is 11.7 Å². The normalized spacial score (nSPS) is 23.2. The molecule has 2 fully saturated rings. The van der Waals surface area contributed by atoms with Crippen molar-refractivity contribution in [1.29, 1.82) is 0 Å². The number of benzene rings is 1. The van der Waals surface area contributed by atoms with E-state index in [1.807, 2.05) is 6.07 Å². The summed E-state index contributed by atoms with van der Waals surface area (Å²) in [5.74, 6) is 1.68. The van der Waals surface area contributed by atoms with Gasteiger partial charge in [0.1, 0.15) is 5.82 Å². The first kappa shape index (κ1) is 19.1. The first-order valence-corrected chi connectivity index (χ1v) is 10.2. The van der Waals surface area contributed by atoms with Crippen LogP contribution in [0.2, 0.25) is 0 Å². The predicted molar refractivity (Wildman–Crippen MR) is 105 cm³/mol. The van der Waals surface area contributed by atoms with Gasteiger partial charge in [0.2, 0.25) is 5.91 Å². The monoisotopic (exact) mass is 385 g/mol. The summed E-state index contributed by atoms with van der Waals surface area (Å²) in [7, 11) is 0. The molecule has 150 valence electrons. The fraction of sp³-hybridized carbons (Fsp3) is 0.545. The van der Waals surface area contributed by atoms with E-state index in [2.05, 4.69) is 29.2 Å². The lowest BCUT2D eigenvalue weighted by molar-refractivity contribution is -0.132. The van der Waals surface area contributed by atoms with Gasteiger partial charge in [-0.2, -0.15) is 0 Å². The average Bonchev–Trinajstić information content (AvgIpc) is 3.34. The van der Waals surface area contributed by atoms with Crippen LogP contribution in [0, 0.1) is 17.7 Å². The molecule has 1 aliphatic carbocycles. The van der Waals surface area contributed by atoms with Crippen LogP contribution in [0.15, 0.2) is 34.9 Å². The molecule has 5 nitrogen and oxygen atoms in total. The van der Waals surface area contributed by atoms with Crippen LogP contribution >= 0.6 is 0 Å². The van der Waals surface area contributed by atoms with Gasteiger partial charge in [0.25, 0.3) is 0 Å². The Morgan fingerprint density at radius 2 is 2.04 bits per heavy atom. The number of carbonyl (C=O) groups is 1. The highest BCUT2D eigenvalue weighted by atomic mass is 19.1. The van der Waals surface area contributed by atoms with E-state index in [1.165, 1.54) is 25.0 Å². The second-order valence-electron chi connectivity index (χ2n) is 8.65. The summed E-state index contributed by atoms with van der Waals surface area (Å²) >= 11 is 0. The zero-order valence-corrected chi connectivity index (χ0v) is 16.5. The lowest BCUT2D eigenvalue weighted by atomic mass is 9.96. The van der Waals surface area contributed by atoms with E-state index in [9.17, 15) is 9.18 Å². The fourth-order valence-corrected chi connectivity index (χ4v) is 4.03. The number of carbonyl (C=O) groups excluding carboxylic acids is 1. The van der Waals surface area contributed by atoms with Crippen LogP contribution in [0.4, 0.5) is 4.39 Å². The number of nitrogens with zero attached hydrogens (tertiary/aromatic N) is 2. The van der Waals surface area contributed by atoms with Crippen molar-refractivity contribution in [2.75, 3.05) is 6.54 Å². The minimum Gasteiger partial charge on any atom is -0.356 e. The number of halogens is 1. The van der Waals surface area contributed by atoms with E-state index >= 15 is 0 Å². The molecule has 1 saturated heterocycles. The molecule has 0 spiro atoms. The molecule has 1 aromatic heterocycles. The number of amides is 1. The molecule has 1 aromatic carbocycles. The number of hydrogen-bond donors (Lipinski definition) is 1. The Bertz CT molecular complexity index is 813. The average molecular weight is 385 g/mol. The Labute approximate surface area is 165 Å².